The minimum atomic E-state index is 0.857. The summed E-state index contributed by atoms with van der Waals surface area (Å²) in [6, 6.07) is 4.37. The molecule has 0 spiro atoms. The summed E-state index contributed by atoms with van der Waals surface area (Å²) in [6.45, 7) is 4.51. The van der Waals surface area contributed by atoms with E-state index >= 15 is 0 Å². The Kier molecular flexibility index (Phi) is 4.18. The molecule has 2 N–H and O–H groups in total. The van der Waals surface area contributed by atoms with E-state index in [2.05, 4.69) is 22.4 Å². The zero-order valence-corrected chi connectivity index (χ0v) is 10.0. The van der Waals surface area contributed by atoms with Gasteiger partial charge in [0, 0.05) is 11.4 Å². The summed E-state index contributed by atoms with van der Waals surface area (Å²) in [4.78, 5) is 4.06. The Bertz CT molecular complexity index is 263. The summed E-state index contributed by atoms with van der Waals surface area (Å²) in [5, 5.41) is 2.16. The fraction of sp³-hybridized carbons (Fsp3) is 0.667. The smallest absolute Gasteiger partial charge is 0.0327 e. The van der Waals surface area contributed by atoms with Crippen molar-refractivity contribution in [2.45, 2.75) is 25.8 Å². The van der Waals surface area contributed by atoms with Crippen LogP contribution in [0.3, 0.4) is 0 Å². The Morgan fingerprint density at radius 2 is 2.20 bits per heavy atom. The van der Waals surface area contributed by atoms with E-state index < -0.39 is 0 Å². The molecule has 1 aliphatic heterocycles. The van der Waals surface area contributed by atoms with Gasteiger partial charge in [-0.3, -0.25) is 4.90 Å². The van der Waals surface area contributed by atoms with Gasteiger partial charge >= 0.3 is 0 Å². The summed E-state index contributed by atoms with van der Waals surface area (Å²) in [7, 11) is 0. The monoisotopic (exact) mass is 224 g/mol. The highest BCUT2D eigenvalue weighted by molar-refractivity contribution is 7.09. The van der Waals surface area contributed by atoms with Crippen molar-refractivity contribution in [3.8, 4) is 0 Å². The predicted molar refractivity (Wildman–Crippen MR) is 66.0 cm³/mol. The Morgan fingerprint density at radius 3 is 2.80 bits per heavy atom. The molecule has 0 amide bonds. The summed E-state index contributed by atoms with van der Waals surface area (Å²) in [5.74, 6) is 0.884. The van der Waals surface area contributed by atoms with Crippen LogP contribution in [0.25, 0.3) is 0 Å². The van der Waals surface area contributed by atoms with Gasteiger partial charge in [-0.2, -0.15) is 0 Å². The van der Waals surface area contributed by atoms with Gasteiger partial charge in [-0.1, -0.05) is 6.07 Å². The lowest BCUT2D eigenvalue weighted by atomic mass is 9.94. The minimum Gasteiger partial charge on any atom is -0.330 e. The zero-order valence-electron chi connectivity index (χ0n) is 9.19. The fourth-order valence-corrected chi connectivity index (χ4v) is 3.04. The van der Waals surface area contributed by atoms with E-state index in [1.807, 2.05) is 11.3 Å². The maximum Gasteiger partial charge on any atom is 0.0327 e. The average molecular weight is 224 g/mol. The van der Waals surface area contributed by atoms with Gasteiger partial charge in [0.2, 0.25) is 0 Å². The van der Waals surface area contributed by atoms with Crippen molar-refractivity contribution in [2.75, 3.05) is 19.6 Å². The molecule has 2 rings (SSSR count). The first-order chi connectivity index (χ1) is 7.38. The van der Waals surface area contributed by atoms with Crippen LogP contribution in [0.2, 0.25) is 0 Å². The van der Waals surface area contributed by atoms with Crippen LogP contribution in [0.15, 0.2) is 17.5 Å². The van der Waals surface area contributed by atoms with E-state index in [1.165, 1.54) is 37.2 Å². The van der Waals surface area contributed by atoms with Gasteiger partial charge < -0.3 is 5.73 Å². The summed E-state index contributed by atoms with van der Waals surface area (Å²) < 4.78 is 0. The van der Waals surface area contributed by atoms with Crippen molar-refractivity contribution in [3.05, 3.63) is 22.4 Å². The highest BCUT2D eigenvalue weighted by atomic mass is 32.1. The molecule has 0 aliphatic carbocycles. The molecule has 3 heteroatoms. The van der Waals surface area contributed by atoms with Crippen LogP contribution in [-0.4, -0.2) is 24.5 Å². The Balaban J connectivity index is 1.74. The van der Waals surface area contributed by atoms with E-state index in [-0.39, 0.29) is 0 Å². The van der Waals surface area contributed by atoms with Gasteiger partial charge in [0.05, 0.1) is 0 Å². The molecule has 1 saturated heterocycles. The second-order valence-electron chi connectivity index (χ2n) is 4.38. The van der Waals surface area contributed by atoms with E-state index in [9.17, 15) is 0 Å². The molecular weight excluding hydrogens is 204 g/mol. The zero-order chi connectivity index (χ0) is 10.5. The lowest BCUT2D eigenvalue weighted by molar-refractivity contribution is 0.175. The number of hydrogen-bond acceptors (Lipinski definition) is 3. The number of nitrogens with two attached hydrogens (primary N) is 1. The molecule has 0 aromatic carbocycles. The fourth-order valence-electron chi connectivity index (χ4n) is 2.29. The van der Waals surface area contributed by atoms with Crippen molar-refractivity contribution < 1.29 is 0 Å². The first kappa shape index (κ1) is 11.1. The molecule has 2 nitrogen and oxygen atoms in total. The third-order valence-electron chi connectivity index (χ3n) is 3.24. The first-order valence-electron chi connectivity index (χ1n) is 5.83. The van der Waals surface area contributed by atoms with Crippen LogP contribution in [-0.2, 0) is 6.54 Å². The van der Waals surface area contributed by atoms with E-state index in [0.29, 0.717) is 0 Å². The van der Waals surface area contributed by atoms with Gasteiger partial charge in [-0.05, 0) is 56.3 Å². The minimum absolute atomic E-state index is 0.857. The Hall–Kier alpha value is -0.380. The van der Waals surface area contributed by atoms with Gasteiger partial charge in [0.1, 0.15) is 0 Å². The van der Waals surface area contributed by atoms with Crippen LogP contribution >= 0.6 is 11.3 Å². The average Bonchev–Trinajstić information content (AvgIpc) is 2.74. The van der Waals surface area contributed by atoms with Crippen LogP contribution in [0.1, 0.15) is 24.1 Å². The van der Waals surface area contributed by atoms with Crippen molar-refractivity contribution in [1.29, 1.82) is 0 Å². The quantitative estimate of drug-likeness (QED) is 0.850. The number of rotatable bonds is 4. The van der Waals surface area contributed by atoms with Crippen molar-refractivity contribution >= 4 is 11.3 Å². The Labute approximate surface area is 96.1 Å². The van der Waals surface area contributed by atoms with Crippen molar-refractivity contribution in [1.82, 2.24) is 4.90 Å². The second kappa shape index (κ2) is 5.64. The van der Waals surface area contributed by atoms with Crippen LogP contribution in [0.5, 0.6) is 0 Å². The number of thiophene rings is 1. The van der Waals surface area contributed by atoms with Crippen LogP contribution in [0.4, 0.5) is 0 Å². The highest BCUT2D eigenvalue weighted by Gasteiger charge is 2.18. The van der Waals surface area contributed by atoms with Gasteiger partial charge in [-0.25, -0.2) is 0 Å². The lowest BCUT2D eigenvalue weighted by Gasteiger charge is -2.31. The number of nitrogens with zero attached hydrogens (tertiary/aromatic N) is 1. The molecule has 2 heterocycles. The van der Waals surface area contributed by atoms with Crippen molar-refractivity contribution in [2.24, 2.45) is 11.7 Å². The molecule has 1 aliphatic rings. The van der Waals surface area contributed by atoms with Crippen LogP contribution in [0, 0.1) is 5.92 Å². The molecule has 0 radical (unpaired) electrons. The second-order valence-corrected chi connectivity index (χ2v) is 5.41. The van der Waals surface area contributed by atoms with E-state index in [1.54, 1.807) is 0 Å². The third kappa shape index (κ3) is 3.30. The number of hydrogen-bond donors (Lipinski definition) is 1. The molecule has 1 fully saturated rings. The topological polar surface area (TPSA) is 29.3 Å². The van der Waals surface area contributed by atoms with E-state index in [4.69, 9.17) is 5.73 Å². The Morgan fingerprint density at radius 1 is 1.40 bits per heavy atom. The predicted octanol–water partition coefficient (Wildman–Crippen LogP) is 2.31. The normalized spacial score (nSPS) is 19.5. The molecular formula is C12H20N2S. The molecule has 0 bridgehead atoms. The van der Waals surface area contributed by atoms with Crippen molar-refractivity contribution in [3.63, 3.8) is 0 Å². The molecule has 0 unspecified atom stereocenters. The first-order valence-corrected chi connectivity index (χ1v) is 6.71. The van der Waals surface area contributed by atoms with E-state index in [0.717, 1.165) is 19.0 Å². The molecule has 1 aromatic rings. The van der Waals surface area contributed by atoms with Gasteiger partial charge in [0.25, 0.3) is 0 Å². The standard InChI is InChI=1S/C12H20N2S/c13-6-3-11-4-7-14(8-5-11)10-12-2-1-9-15-12/h1-2,9,11H,3-8,10,13H2. The lowest BCUT2D eigenvalue weighted by Crippen LogP contribution is -2.33. The number of likely N-dealkylation sites (tertiary alicyclic amines) is 1. The number of piperidine rings is 1. The molecule has 84 valence electrons. The molecule has 0 atom stereocenters. The van der Waals surface area contributed by atoms with Crippen LogP contribution < -0.4 is 5.73 Å². The molecule has 0 saturated carbocycles. The maximum atomic E-state index is 5.59. The largest absolute Gasteiger partial charge is 0.330 e. The highest BCUT2D eigenvalue weighted by Crippen LogP contribution is 2.22. The molecule has 1 aromatic heterocycles. The SMILES string of the molecule is NCCC1CCN(Cc2cccs2)CC1. The molecule has 15 heavy (non-hydrogen) atoms. The summed E-state index contributed by atoms with van der Waals surface area (Å²) >= 11 is 1.87. The maximum absolute atomic E-state index is 5.59. The summed E-state index contributed by atoms with van der Waals surface area (Å²) in [6.07, 6.45) is 3.89. The van der Waals surface area contributed by atoms with Gasteiger partial charge in [0.15, 0.2) is 0 Å². The third-order valence-corrected chi connectivity index (χ3v) is 4.10. The van der Waals surface area contributed by atoms with Gasteiger partial charge in [-0.15, -0.1) is 11.3 Å². The summed E-state index contributed by atoms with van der Waals surface area (Å²) in [5.41, 5.74) is 5.59.